The van der Waals surface area contributed by atoms with Crippen LogP contribution in [0.1, 0.15) is 73.6 Å². The molecule has 0 saturated carbocycles. The molecule has 2 aromatic rings. The van der Waals surface area contributed by atoms with E-state index in [9.17, 15) is 9.59 Å². The van der Waals surface area contributed by atoms with Crippen LogP contribution in [-0.2, 0) is 16.0 Å². The zero-order valence-corrected chi connectivity index (χ0v) is 21.8. The van der Waals surface area contributed by atoms with E-state index in [1.165, 1.54) is 34.4 Å². The fourth-order valence-electron chi connectivity index (χ4n) is 5.44. The normalized spacial score (nSPS) is 19.7. The number of carbonyl (C=O) groups is 2. The van der Waals surface area contributed by atoms with E-state index in [1.54, 1.807) is 0 Å². The third-order valence-corrected chi connectivity index (χ3v) is 8.53. The van der Waals surface area contributed by atoms with Gasteiger partial charge in [-0.15, -0.1) is 11.3 Å². The molecule has 4 rings (SSSR count). The Morgan fingerprint density at radius 2 is 1.71 bits per heavy atom. The van der Waals surface area contributed by atoms with Crippen molar-refractivity contribution in [3.05, 3.63) is 57.3 Å². The van der Waals surface area contributed by atoms with Gasteiger partial charge in [0.2, 0.25) is 11.8 Å². The molecule has 1 aromatic carbocycles. The molecule has 1 aromatic heterocycles. The summed E-state index contributed by atoms with van der Waals surface area (Å²) in [5.74, 6) is 0.434. The highest BCUT2D eigenvalue weighted by molar-refractivity contribution is 7.10. The van der Waals surface area contributed by atoms with Gasteiger partial charge in [0.05, 0.1) is 12.1 Å². The van der Waals surface area contributed by atoms with Gasteiger partial charge in [-0.05, 0) is 54.8 Å². The molecule has 3 heterocycles. The molecular weight excluding hydrogens is 442 g/mol. The number of aryl methyl sites for hydroxylation is 1. The topological polar surface area (TPSA) is 43.9 Å². The molecule has 6 heteroatoms. The maximum atomic E-state index is 13.6. The highest BCUT2D eigenvalue weighted by Crippen LogP contribution is 2.40. The molecular formula is C28H39N3O2S. The molecule has 1 fully saturated rings. The van der Waals surface area contributed by atoms with Gasteiger partial charge in [0.15, 0.2) is 0 Å². The molecule has 2 atom stereocenters. The summed E-state index contributed by atoms with van der Waals surface area (Å²) < 4.78 is 0. The average Bonchev–Trinajstić information content (AvgIpc) is 3.35. The minimum atomic E-state index is -0.200. The van der Waals surface area contributed by atoms with E-state index in [1.807, 2.05) is 21.1 Å². The van der Waals surface area contributed by atoms with Gasteiger partial charge in [-0.2, -0.15) is 0 Å². The molecule has 5 nitrogen and oxygen atoms in total. The predicted molar refractivity (Wildman–Crippen MR) is 139 cm³/mol. The van der Waals surface area contributed by atoms with Crippen LogP contribution in [0.3, 0.4) is 0 Å². The zero-order chi connectivity index (χ0) is 24.1. The van der Waals surface area contributed by atoms with Gasteiger partial charge in [-0.1, -0.05) is 50.5 Å². The Balaban J connectivity index is 1.41. The summed E-state index contributed by atoms with van der Waals surface area (Å²) in [7, 11) is 0. The monoisotopic (exact) mass is 481 g/mol. The SMILES string of the molecule is CCCCCCC(=O)N1CCN(C(=O)[C@H](C)N2CCc3sccc3[C@@H]2c2ccccc2C)CC1. The number of thiophene rings is 1. The summed E-state index contributed by atoms with van der Waals surface area (Å²) in [5, 5.41) is 2.18. The lowest BCUT2D eigenvalue weighted by Gasteiger charge is -2.43. The van der Waals surface area contributed by atoms with Crippen molar-refractivity contribution in [3.63, 3.8) is 0 Å². The lowest BCUT2D eigenvalue weighted by molar-refractivity contribution is -0.143. The quantitative estimate of drug-likeness (QED) is 0.497. The van der Waals surface area contributed by atoms with Crippen LogP contribution in [0.4, 0.5) is 0 Å². The van der Waals surface area contributed by atoms with Crippen molar-refractivity contribution in [2.45, 2.75) is 71.4 Å². The summed E-state index contributed by atoms with van der Waals surface area (Å²) in [5.41, 5.74) is 3.91. The zero-order valence-electron chi connectivity index (χ0n) is 21.0. The molecule has 2 amide bonds. The number of unbranched alkanes of at least 4 members (excludes halogenated alkanes) is 3. The molecule has 0 radical (unpaired) electrons. The number of carbonyl (C=O) groups excluding carboxylic acids is 2. The fraction of sp³-hybridized carbons (Fsp3) is 0.571. The van der Waals surface area contributed by atoms with Crippen LogP contribution in [0.5, 0.6) is 0 Å². The molecule has 0 unspecified atom stereocenters. The number of fused-ring (bicyclic) bond motifs is 1. The lowest BCUT2D eigenvalue weighted by atomic mass is 9.89. The van der Waals surface area contributed by atoms with Gasteiger partial charge >= 0.3 is 0 Å². The average molecular weight is 482 g/mol. The van der Waals surface area contributed by atoms with E-state index in [-0.39, 0.29) is 23.9 Å². The first-order valence-electron chi connectivity index (χ1n) is 12.9. The molecule has 34 heavy (non-hydrogen) atoms. The Hall–Kier alpha value is -2.18. The molecule has 184 valence electrons. The van der Waals surface area contributed by atoms with Gasteiger partial charge in [0.1, 0.15) is 0 Å². The second-order valence-corrected chi connectivity index (χ2v) is 10.7. The number of amides is 2. The summed E-state index contributed by atoms with van der Waals surface area (Å²) in [6.45, 7) is 9.88. The van der Waals surface area contributed by atoms with Gasteiger partial charge in [0.25, 0.3) is 0 Å². The Morgan fingerprint density at radius 3 is 2.44 bits per heavy atom. The van der Waals surface area contributed by atoms with E-state index >= 15 is 0 Å². The minimum Gasteiger partial charge on any atom is -0.339 e. The van der Waals surface area contributed by atoms with Crippen LogP contribution < -0.4 is 0 Å². The van der Waals surface area contributed by atoms with Crippen molar-refractivity contribution < 1.29 is 9.59 Å². The number of piperazine rings is 1. The number of hydrogen-bond acceptors (Lipinski definition) is 4. The Kier molecular flexibility index (Phi) is 8.43. The van der Waals surface area contributed by atoms with Crippen molar-refractivity contribution >= 4 is 23.2 Å². The van der Waals surface area contributed by atoms with E-state index in [0.717, 1.165) is 25.8 Å². The molecule has 1 saturated heterocycles. The third-order valence-electron chi connectivity index (χ3n) is 7.53. The summed E-state index contributed by atoms with van der Waals surface area (Å²) in [6.07, 6.45) is 6.11. The van der Waals surface area contributed by atoms with E-state index in [2.05, 4.69) is 61.4 Å². The Morgan fingerprint density at radius 1 is 0.971 bits per heavy atom. The molecule has 2 aliphatic heterocycles. The van der Waals surface area contributed by atoms with Gasteiger partial charge in [0, 0.05) is 44.0 Å². The summed E-state index contributed by atoms with van der Waals surface area (Å²) >= 11 is 1.83. The second-order valence-electron chi connectivity index (χ2n) is 9.74. The Labute approximate surface area is 208 Å². The molecule has 0 bridgehead atoms. The second kappa shape index (κ2) is 11.5. The van der Waals surface area contributed by atoms with Crippen LogP contribution in [0, 0.1) is 6.92 Å². The maximum absolute atomic E-state index is 13.6. The largest absolute Gasteiger partial charge is 0.339 e. The standard InChI is InChI=1S/C28H39N3O2S/c1-4-5-6-7-12-26(32)29-16-18-30(19-17-29)28(33)22(3)31-15-13-25-24(14-20-34-25)27(31)23-11-9-8-10-21(23)2/h8-11,14,20,22,27H,4-7,12-13,15-19H2,1-3H3/t22-,27-/m0/s1. The molecule has 0 aliphatic carbocycles. The highest BCUT2D eigenvalue weighted by Gasteiger charge is 2.37. The fourth-order valence-corrected chi connectivity index (χ4v) is 6.34. The third kappa shape index (κ3) is 5.38. The van der Waals surface area contributed by atoms with Crippen molar-refractivity contribution in [1.82, 2.24) is 14.7 Å². The molecule has 0 spiro atoms. The summed E-state index contributed by atoms with van der Waals surface area (Å²) in [6, 6.07) is 10.7. The van der Waals surface area contributed by atoms with Gasteiger partial charge in [-0.25, -0.2) is 0 Å². The number of hydrogen-bond donors (Lipinski definition) is 0. The molecule has 2 aliphatic rings. The van der Waals surface area contributed by atoms with Crippen LogP contribution >= 0.6 is 11.3 Å². The predicted octanol–water partition coefficient (Wildman–Crippen LogP) is 5.03. The highest BCUT2D eigenvalue weighted by atomic mass is 32.1. The van der Waals surface area contributed by atoms with Crippen molar-refractivity contribution in [3.8, 4) is 0 Å². The molecule has 0 N–H and O–H groups in total. The lowest BCUT2D eigenvalue weighted by Crippen LogP contribution is -2.56. The summed E-state index contributed by atoms with van der Waals surface area (Å²) in [4.78, 5) is 33.9. The van der Waals surface area contributed by atoms with E-state index in [0.29, 0.717) is 32.6 Å². The van der Waals surface area contributed by atoms with Crippen molar-refractivity contribution in [1.29, 1.82) is 0 Å². The van der Waals surface area contributed by atoms with Gasteiger partial charge in [-0.3, -0.25) is 14.5 Å². The maximum Gasteiger partial charge on any atom is 0.239 e. The van der Waals surface area contributed by atoms with Crippen LogP contribution in [0.25, 0.3) is 0 Å². The van der Waals surface area contributed by atoms with Gasteiger partial charge < -0.3 is 9.80 Å². The van der Waals surface area contributed by atoms with Crippen LogP contribution in [0.15, 0.2) is 35.7 Å². The van der Waals surface area contributed by atoms with E-state index in [4.69, 9.17) is 0 Å². The number of rotatable bonds is 8. The number of benzene rings is 1. The number of nitrogens with zero attached hydrogens (tertiary/aromatic N) is 3. The Bertz CT molecular complexity index is 980. The van der Waals surface area contributed by atoms with Crippen molar-refractivity contribution in [2.24, 2.45) is 0 Å². The van der Waals surface area contributed by atoms with Crippen LogP contribution in [0.2, 0.25) is 0 Å². The first kappa shape index (κ1) is 24.9. The van der Waals surface area contributed by atoms with E-state index < -0.39 is 0 Å². The minimum absolute atomic E-state index is 0.112. The smallest absolute Gasteiger partial charge is 0.239 e. The first-order chi connectivity index (χ1) is 16.5. The first-order valence-corrected chi connectivity index (χ1v) is 13.8. The van der Waals surface area contributed by atoms with Crippen LogP contribution in [-0.4, -0.2) is 65.3 Å². The van der Waals surface area contributed by atoms with Crippen molar-refractivity contribution in [2.75, 3.05) is 32.7 Å².